The number of anilines is 2. The van der Waals surface area contributed by atoms with Crippen LogP contribution in [0.25, 0.3) is 11.2 Å². The van der Waals surface area contributed by atoms with Crippen LogP contribution < -0.4 is 5.32 Å². The molecule has 1 aromatic carbocycles. The lowest BCUT2D eigenvalue weighted by Crippen LogP contribution is -2.51. The standard InChI is InChI=1S/C28H35N7O3/c1-2-38-28(37)33-15-11-20(12-16-33)24-6-4-14-35-25(24)30-27(31-35)29-22-9-7-21(8-10-22)26(36)34-18-17-32-13-3-5-23(32)19-34/h4,6-11,14,23,26,36H,2-3,5,12-13,15-19H2,1H3,(H,29,31). The summed E-state index contributed by atoms with van der Waals surface area (Å²) in [4.78, 5) is 23.2. The number of rotatable bonds is 6. The molecule has 10 heteroatoms. The summed E-state index contributed by atoms with van der Waals surface area (Å²) in [6, 6.07) is 12.4. The number of pyridine rings is 1. The quantitative estimate of drug-likeness (QED) is 0.513. The lowest BCUT2D eigenvalue weighted by molar-refractivity contribution is -0.0384. The first kappa shape index (κ1) is 24.8. The summed E-state index contributed by atoms with van der Waals surface area (Å²) < 4.78 is 6.90. The summed E-state index contributed by atoms with van der Waals surface area (Å²) in [7, 11) is 0. The lowest BCUT2D eigenvalue weighted by atomic mass is 10.0. The van der Waals surface area contributed by atoms with Gasteiger partial charge in [0, 0.05) is 56.2 Å². The number of aliphatic hydroxyl groups excluding tert-OH is 1. The van der Waals surface area contributed by atoms with Crippen LogP contribution in [0.4, 0.5) is 16.4 Å². The second-order valence-corrected chi connectivity index (χ2v) is 10.2. The number of hydrogen-bond acceptors (Lipinski definition) is 8. The molecule has 3 aliphatic heterocycles. The summed E-state index contributed by atoms with van der Waals surface area (Å²) >= 11 is 0. The van der Waals surface area contributed by atoms with E-state index in [4.69, 9.17) is 9.72 Å². The van der Waals surface area contributed by atoms with Gasteiger partial charge in [-0.15, -0.1) is 5.10 Å². The molecule has 0 radical (unpaired) electrons. The third-order valence-corrected chi connectivity index (χ3v) is 7.87. The number of benzene rings is 1. The van der Waals surface area contributed by atoms with E-state index in [1.165, 1.54) is 19.4 Å². The van der Waals surface area contributed by atoms with Crippen molar-refractivity contribution < 1.29 is 14.6 Å². The maximum atomic E-state index is 12.0. The molecule has 0 bridgehead atoms. The zero-order valence-corrected chi connectivity index (χ0v) is 21.8. The van der Waals surface area contributed by atoms with E-state index >= 15 is 0 Å². The number of fused-ring (bicyclic) bond motifs is 2. The normalized spacial score (nSPS) is 21.3. The summed E-state index contributed by atoms with van der Waals surface area (Å²) in [5.41, 5.74) is 4.68. The van der Waals surface area contributed by atoms with E-state index in [-0.39, 0.29) is 6.09 Å². The Hall–Kier alpha value is -3.47. The van der Waals surface area contributed by atoms with Crippen LogP contribution in [-0.2, 0) is 4.74 Å². The molecule has 200 valence electrons. The van der Waals surface area contributed by atoms with Gasteiger partial charge in [0.05, 0.1) is 6.61 Å². The van der Waals surface area contributed by atoms with Gasteiger partial charge in [-0.2, -0.15) is 4.98 Å². The molecule has 2 atom stereocenters. The van der Waals surface area contributed by atoms with Crippen LogP contribution >= 0.6 is 0 Å². The van der Waals surface area contributed by atoms with Crippen molar-refractivity contribution in [2.75, 3.05) is 51.2 Å². The Balaban J connectivity index is 1.13. The van der Waals surface area contributed by atoms with Gasteiger partial charge in [-0.1, -0.05) is 18.2 Å². The Morgan fingerprint density at radius 1 is 1.18 bits per heavy atom. The van der Waals surface area contributed by atoms with Crippen molar-refractivity contribution in [3.63, 3.8) is 0 Å². The number of carbonyl (C=O) groups excluding carboxylic acids is 1. The van der Waals surface area contributed by atoms with Crippen LogP contribution in [0.15, 0.2) is 48.7 Å². The number of aliphatic hydroxyl groups is 1. The molecule has 5 heterocycles. The fraction of sp³-hybridized carbons (Fsp3) is 0.464. The van der Waals surface area contributed by atoms with Gasteiger partial charge in [0.2, 0.25) is 5.95 Å². The van der Waals surface area contributed by atoms with Gasteiger partial charge in [-0.25, -0.2) is 9.31 Å². The Morgan fingerprint density at radius 2 is 2.05 bits per heavy atom. The van der Waals surface area contributed by atoms with E-state index in [2.05, 4.69) is 26.3 Å². The topological polar surface area (TPSA) is 98.5 Å². The van der Waals surface area contributed by atoms with Gasteiger partial charge < -0.3 is 20.1 Å². The lowest BCUT2D eigenvalue weighted by Gasteiger charge is -2.39. The Bertz CT molecular complexity index is 1320. The highest BCUT2D eigenvalue weighted by molar-refractivity contribution is 5.79. The van der Waals surface area contributed by atoms with Crippen LogP contribution in [0.1, 0.15) is 43.5 Å². The second-order valence-electron chi connectivity index (χ2n) is 10.2. The van der Waals surface area contributed by atoms with Crippen LogP contribution in [-0.4, -0.2) is 92.4 Å². The van der Waals surface area contributed by atoms with Gasteiger partial charge in [-0.05, 0) is 68.1 Å². The van der Waals surface area contributed by atoms with Crippen LogP contribution in [0.3, 0.4) is 0 Å². The van der Waals surface area contributed by atoms with Crippen LogP contribution in [0.2, 0.25) is 0 Å². The number of nitrogens with zero attached hydrogens (tertiary/aromatic N) is 6. The number of carbonyl (C=O) groups is 1. The Morgan fingerprint density at radius 3 is 2.84 bits per heavy atom. The van der Waals surface area contributed by atoms with Crippen molar-refractivity contribution in [2.24, 2.45) is 0 Å². The molecule has 2 saturated heterocycles. The molecule has 2 unspecified atom stereocenters. The van der Waals surface area contributed by atoms with Crippen molar-refractivity contribution in [1.29, 1.82) is 0 Å². The second kappa shape index (κ2) is 10.7. The molecule has 3 aliphatic rings. The molecule has 0 spiro atoms. The van der Waals surface area contributed by atoms with Gasteiger partial charge in [-0.3, -0.25) is 9.80 Å². The summed E-state index contributed by atoms with van der Waals surface area (Å²) in [6.07, 6.45) is 6.30. The molecule has 2 fully saturated rings. The van der Waals surface area contributed by atoms with E-state index in [9.17, 15) is 9.90 Å². The monoisotopic (exact) mass is 517 g/mol. The Kier molecular flexibility index (Phi) is 7.01. The number of aromatic nitrogens is 3. The minimum Gasteiger partial charge on any atom is -0.450 e. The molecule has 10 nitrogen and oxygen atoms in total. The third kappa shape index (κ3) is 4.99. The highest BCUT2D eigenvalue weighted by Crippen LogP contribution is 2.29. The zero-order chi connectivity index (χ0) is 26.1. The van der Waals surface area contributed by atoms with Crippen LogP contribution in [0, 0.1) is 0 Å². The van der Waals surface area contributed by atoms with Crippen molar-refractivity contribution >= 4 is 28.9 Å². The average molecular weight is 518 g/mol. The molecular weight excluding hydrogens is 482 g/mol. The van der Waals surface area contributed by atoms with Gasteiger partial charge in [0.1, 0.15) is 6.23 Å². The number of ether oxygens (including phenoxy) is 1. The first-order valence-corrected chi connectivity index (χ1v) is 13.6. The van der Waals surface area contributed by atoms with Crippen LogP contribution in [0.5, 0.6) is 0 Å². The summed E-state index contributed by atoms with van der Waals surface area (Å²) in [5, 5.41) is 18.9. The average Bonchev–Trinajstić information content (AvgIpc) is 3.59. The summed E-state index contributed by atoms with van der Waals surface area (Å²) in [6.45, 7) is 7.36. The van der Waals surface area contributed by atoms with Gasteiger partial charge in [0.25, 0.3) is 0 Å². The van der Waals surface area contributed by atoms with E-state index < -0.39 is 6.23 Å². The molecule has 3 aromatic rings. The maximum Gasteiger partial charge on any atom is 0.410 e. The largest absolute Gasteiger partial charge is 0.450 e. The molecular formula is C28H35N7O3. The summed E-state index contributed by atoms with van der Waals surface area (Å²) in [5.74, 6) is 0.507. The minimum absolute atomic E-state index is 0.273. The highest BCUT2D eigenvalue weighted by Gasteiger charge is 2.33. The molecule has 0 saturated carbocycles. The van der Waals surface area contributed by atoms with Crippen molar-refractivity contribution in [3.8, 4) is 0 Å². The van der Waals surface area contributed by atoms with Crippen molar-refractivity contribution in [2.45, 2.75) is 38.5 Å². The molecule has 6 rings (SSSR count). The highest BCUT2D eigenvalue weighted by atomic mass is 16.6. The number of piperazine rings is 1. The first-order chi connectivity index (χ1) is 18.6. The van der Waals surface area contributed by atoms with Crippen molar-refractivity contribution in [1.82, 2.24) is 29.3 Å². The molecule has 2 aromatic heterocycles. The number of nitrogens with one attached hydrogen (secondary N) is 1. The molecule has 2 N–H and O–H groups in total. The fourth-order valence-corrected chi connectivity index (χ4v) is 5.82. The smallest absolute Gasteiger partial charge is 0.410 e. The SMILES string of the molecule is CCOC(=O)N1CC=C(c2cccn3nc(Nc4ccc(C(O)N5CCN6CCCC6C5)cc4)nc23)CC1. The van der Waals surface area contributed by atoms with E-state index in [0.29, 0.717) is 31.7 Å². The predicted molar refractivity (Wildman–Crippen MR) is 145 cm³/mol. The van der Waals surface area contributed by atoms with E-state index in [1.807, 2.05) is 49.5 Å². The predicted octanol–water partition coefficient (Wildman–Crippen LogP) is 3.49. The van der Waals surface area contributed by atoms with E-state index in [1.54, 1.807) is 9.42 Å². The minimum atomic E-state index is -0.591. The number of amides is 1. The maximum absolute atomic E-state index is 12.0. The third-order valence-electron chi connectivity index (χ3n) is 7.87. The molecule has 1 amide bonds. The van der Waals surface area contributed by atoms with Crippen molar-refractivity contribution in [3.05, 3.63) is 59.8 Å². The van der Waals surface area contributed by atoms with Gasteiger partial charge in [0.15, 0.2) is 5.65 Å². The molecule has 38 heavy (non-hydrogen) atoms. The fourth-order valence-electron chi connectivity index (χ4n) is 5.82. The first-order valence-electron chi connectivity index (χ1n) is 13.6. The van der Waals surface area contributed by atoms with E-state index in [0.717, 1.165) is 54.1 Å². The molecule has 0 aliphatic carbocycles. The number of hydrogen-bond donors (Lipinski definition) is 2. The van der Waals surface area contributed by atoms with Gasteiger partial charge >= 0.3 is 6.09 Å². The zero-order valence-electron chi connectivity index (χ0n) is 21.8. The Labute approximate surface area is 222 Å².